The SMILES string of the molecule is c1ccc2oc(C34OC5CC(CC(C5)O3)O4)nc2c1. The fourth-order valence-electron chi connectivity index (χ4n) is 3.35. The van der Waals surface area contributed by atoms with Crippen molar-refractivity contribution in [3.63, 3.8) is 0 Å². The molecular formula is C14H13NO4. The van der Waals surface area contributed by atoms with Crippen LogP contribution in [0.3, 0.4) is 0 Å². The molecule has 5 heteroatoms. The first-order valence-electron chi connectivity index (χ1n) is 6.70. The van der Waals surface area contributed by atoms with Crippen molar-refractivity contribution >= 4 is 11.1 Å². The summed E-state index contributed by atoms with van der Waals surface area (Å²) in [6, 6.07) is 7.63. The Morgan fingerprint density at radius 3 is 2.21 bits per heavy atom. The van der Waals surface area contributed by atoms with E-state index in [1.165, 1.54) is 0 Å². The molecule has 4 fully saturated rings. The van der Waals surface area contributed by atoms with Crippen LogP contribution in [0.4, 0.5) is 0 Å². The molecule has 2 aromatic rings. The minimum absolute atomic E-state index is 0.196. The predicted octanol–water partition coefficient (Wildman–Crippen LogP) is 2.30. The molecule has 5 nitrogen and oxygen atoms in total. The summed E-state index contributed by atoms with van der Waals surface area (Å²) in [7, 11) is 0. The Bertz CT molecular complexity index is 581. The van der Waals surface area contributed by atoms with E-state index in [0.717, 1.165) is 30.4 Å². The van der Waals surface area contributed by atoms with Gasteiger partial charge in [-0.15, -0.1) is 0 Å². The lowest BCUT2D eigenvalue weighted by molar-refractivity contribution is -0.511. The molecule has 4 heterocycles. The Morgan fingerprint density at radius 1 is 0.947 bits per heavy atom. The number of hydrogen-bond donors (Lipinski definition) is 0. The smallest absolute Gasteiger partial charge is 0.366 e. The second-order valence-corrected chi connectivity index (χ2v) is 5.47. The molecule has 0 radical (unpaired) electrons. The molecule has 4 bridgehead atoms. The first-order valence-corrected chi connectivity index (χ1v) is 6.70. The Labute approximate surface area is 109 Å². The maximum Gasteiger partial charge on any atom is 0.366 e. The molecule has 0 amide bonds. The number of oxazole rings is 1. The number of aromatic nitrogens is 1. The molecule has 19 heavy (non-hydrogen) atoms. The number of benzene rings is 1. The van der Waals surface area contributed by atoms with E-state index in [9.17, 15) is 0 Å². The van der Waals surface area contributed by atoms with E-state index >= 15 is 0 Å². The molecule has 4 aliphatic rings. The summed E-state index contributed by atoms with van der Waals surface area (Å²) >= 11 is 0. The van der Waals surface area contributed by atoms with Gasteiger partial charge in [0.05, 0.1) is 18.3 Å². The average Bonchev–Trinajstić information content (AvgIpc) is 2.81. The fourth-order valence-corrected chi connectivity index (χ4v) is 3.35. The van der Waals surface area contributed by atoms with Crippen LogP contribution in [-0.2, 0) is 20.2 Å². The molecule has 0 spiro atoms. The fraction of sp³-hybridized carbons (Fsp3) is 0.500. The van der Waals surface area contributed by atoms with Crippen molar-refractivity contribution in [1.82, 2.24) is 4.98 Å². The quantitative estimate of drug-likeness (QED) is 0.786. The van der Waals surface area contributed by atoms with E-state index in [-0.39, 0.29) is 18.3 Å². The highest BCUT2D eigenvalue weighted by Gasteiger charge is 2.58. The summed E-state index contributed by atoms with van der Waals surface area (Å²) in [6.45, 7) is 0. The van der Waals surface area contributed by atoms with Crippen LogP contribution in [0, 0.1) is 0 Å². The van der Waals surface area contributed by atoms with Gasteiger partial charge in [-0.25, -0.2) is 4.98 Å². The van der Waals surface area contributed by atoms with Crippen molar-refractivity contribution in [2.45, 2.75) is 43.5 Å². The number of rotatable bonds is 1. The lowest BCUT2D eigenvalue weighted by Crippen LogP contribution is -2.60. The highest BCUT2D eigenvalue weighted by Crippen LogP contribution is 2.49. The average molecular weight is 259 g/mol. The lowest BCUT2D eigenvalue weighted by Gasteiger charge is -2.53. The van der Waals surface area contributed by atoms with Crippen LogP contribution in [-0.4, -0.2) is 23.3 Å². The molecule has 3 saturated heterocycles. The summed E-state index contributed by atoms with van der Waals surface area (Å²) in [6.07, 6.45) is 3.43. The number of ether oxygens (including phenoxy) is 3. The zero-order valence-electron chi connectivity index (χ0n) is 10.2. The molecule has 1 saturated carbocycles. The van der Waals surface area contributed by atoms with E-state index in [1.807, 2.05) is 24.3 Å². The largest absolute Gasteiger partial charge is 0.433 e. The number of para-hydroxylation sites is 2. The molecule has 1 aromatic heterocycles. The lowest BCUT2D eigenvalue weighted by atomic mass is 9.89. The van der Waals surface area contributed by atoms with Crippen LogP contribution in [0.2, 0.25) is 0 Å². The van der Waals surface area contributed by atoms with Crippen LogP contribution >= 0.6 is 0 Å². The van der Waals surface area contributed by atoms with Gasteiger partial charge in [0.2, 0.25) is 0 Å². The first-order chi connectivity index (χ1) is 9.31. The molecule has 1 aromatic carbocycles. The summed E-state index contributed by atoms with van der Waals surface area (Å²) in [4.78, 5) is 4.46. The Morgan fingerprint density at radius 2 is 1.58 bits per heavy atom. The third-order valence-electron chi connectivity index (χ3n) is 4.10. The predicted molar refractivity (Wildman–Crippen MR) is 64.2 cm³/mol. The van der Waals surface area contributed by atoms with Gasteiger partial charge in [-0.3, -0.25) is 0 Å². The van der Waals surface area contributed by atoms with Crippen molar-refractivity contribution in [3.8, 4) is 0 Å². The van der Waals surface area contributed by atoms with E-state index in [4.69, 9.17) is 18.6 Å². The van der Waals surface area contributed by atoms with Crippen molar-refractivity contribution in [3.05, 3.63) is 30.2 Å². The van der Waals surface area contributed by atoms with Gasteiger partial charge in [0.1, 0.15) is 5.52 Å². The van der Waals surface area contributed by atoms with Crippen LogP contribution in [0.25, 0.3) is 11.1 Å². The maximum atomic E-state index is 5.93. The normalized spacial score (nSPS) is 40.1. The van der Waals surface area contributed by atoms with E-state index in [2.05, 4.69) is 4.98 Å². The van der Waals surface area contributed by atoms with Crippen molar-refractivity contribution in [2.75, 3.05) is 0 Å². The Hall–Kier alpha value is -1.43. The summed E-state index contributed by atoms with van der Waals surface area (Å²) in [5.74, 6) is -0.832. The van der Waals surface area contributed by atoms with E-state index < -0.39 is 5.97 Å². The van der Waals surface area contributed by atoms with Gasteiger partial charge in [-0.2, -0.15) is 0 Å². The second-order valence-electron chi connectivity index (χ2n) is 5.47. The van der Waals surface area contributed by atoms with Crippen LogP contribution < -0.4 is 0 Å². The minimum atomic E-state index is -1.21. The topological polar surface area (TPSA) is 53.7 Å². The molecule has 0 N–H and O–H groups in total. The highest BCUT2D eigenvalue weighted by atomic mass is 16.9. The van der Waals surface area contributed by atoms with Crippen LogP contribution in [0.15, 0.2) is 28.7 Å². The standard InChI is InChI=1S/C14H13NO4/c1-2-4-12-11(3-1)15-13(16-12)14-17-8-5-9(18-14)7-10(6-8)19-14/h1-4,8-10H,5-7H2. The van der Waals surface area contributed by atoms with Gasteiger partial charge in [-0.1, -0.05) is 12.1 Å². The monoisotopic (exact) mass is 259 g/mol. The van der Waals surface area contributed by atoms with Crippen molar-refractivity contribution in [2.24, 2.45) is 0 Å². The Kier molecular flexibility index (Phi) is 1.83. The summed E-state index contributed by atoms with van der Waals surface area (Å²) < 4.78 is 23.5. The molecule has 3 aliphatic heterocycles. The molecule has 6 rings (SSSR count). The van der Waals surface area contributed by atoms with Crippen LogP contribution in [0.1, 0.15) is 25.2 Å². The molecule has 0 atom stereocenters. The highest BCUT2D eigenvalue weighted by molar-refractivity contribution is 5.72. The first kappa shape index (κ1) is 10.4. The molecule has 1 aliphatic carbocycles. The number of hydrogen-bond acceptors (Lipinski definition) is 5. The van der Waals surface area contributed by atoms with Crippen molar-refractivity contribution < 1.29 is 18.6 Å². The van der Waals surface area contributed by atoms with E-state index in [0.29, 0.717) is 5.89 Å². The van der Waals surface area contributed by atoms with Gasteiger partial charge in [0.25, 0.3) is 5.89 Å². The molecule has 98 valence electrons. The third kappa shape index (κ3) is 1.38. The van der Waals surface area contributed by atoms with Crippen LogP contribution in [0.5, 0.6) is 0 Å². The van der Waals surface area contributed by atoms with Gasteiger partial charge in [0.15, 0.2) is 5.58 Å². The number of nitrogens with zero attached hydrogens (tertiary/aromatic N) is 1. The van der Waals surface area contributed by atoms with E-state index in [1.54, 1.807) is 0 Å². The van der Waals surface area contributed by atoms with Crippen molar-refractivity contribution in [1.29, 1.82) is 0 Å². The molecule has 0 unspecified atom stereocenters. The maximum absolute atomic E-state index is 5.93. The summed E-state index contributed by atoms with van der Waals surface area (Å²) in [5.41, 5.74) is 1.52. The van der Waals surface area contributed by atoms with Gasteiger partial charge < -0.3 is 18.6 Å². The number of fused-ring (bicyclic) bond motifs is 1. The zero-order valence-corrected chi connectivity index (χ0v) is 10.2. The molecular weight excluding hydrogens is 246 g/mol. The third-order valence-corrected chi connectivity index (χ3v) is 4.10. The second kappa shape index (κ2) is 3.36. The Balaban J connectivity index is 1.64. The zero-order chi connectivity index (χ0) is 12.4. The van der Waals surface area contributed by atoms with Gasteiger partial charge in [-0.05, 0) is 12.1 Å². The van der Waals surface area contributed by atoms with Gasteiger partial charge >= 0.3 is 5.97 Å². The summed E-state index contributed by atoms with van der Waals surface area (Å²) in [5, 5.41) is 0. The minimum Gasteiger partial charge on any atom is -0.433 e. The van der Waals surface area contributed by atoms with Gasteiger partial charge in [0, 0.05) is 19.3 Å².